The van der Waals surface area contributed by atoms with Gasteiger partial charge in [-0.3, -0.25) is 0 Å². The number of nitrogens with one attached hydrogen (secondary N) is 1. The lowest BCUT2D eigenvalue weighted by Gasteiger charge is -2.19. The number of benzene rings is 1. The van der Waals surface area contributed by atoms with Gasteiger partial charge < -0.3 is 9.88 Å². The van der Waals surface area contributed by atoms with Crippen molar-refractivity contribution in [1.82, 2.24) is 14.9 Å². The molecule has 4 rings (SSSR count). The Labute approximate surface area is 124 Å². The highest BCUT2D eigenvalue weighted by atomic mass is 32.2. The molecule has 3 heterocycles. The van der Waals surface area contributed by atoms with E-state index in [1.165, 1.54) is 19.1 Å². The number of hydrogen-bond acceptors (Lipinski definition) is 4. The zero-order chi connectivity index (χ0) is 14.8. The third-order valence-corrected chi connectivity index (χ3v) is 6.06. The van der Waals surface area contributed by atoms with Gasteiger partial charge in [-0.2, -0.15) is 0 Å². The minimum Gasteiger partial charge on any atom is -0.331 e. The molecule has 2 saturated heterocycles. The molecule has 1 aromatic heterocycles. The summed E-state index contributed by atoms with van der Waals surface area (Å²) >= 11 is 0. The molecule has 5 nitrogen and oxygen atoms in total. The lowest BCUT2D eigenvalue weighted by atomic mass is 9.88. The van der Waals surface area contributed by atoms with Crippen LogP contribution in [0, 0.1) is 0 Å². The zero-order valence-electron chi connectivity index (χ0n) is 12.2. The van der Waals surface area contributed by atoms with Crippen LogP contribution in [-0.4, -0.2) is 36.3 Å². The molecule has 3 atom stereocenters. The number of aromatic nitrogens is 2. The van der Waals surface area contributed by atoms with E-state index in [1.807, 2.05) is 13.1 Å². The van der Waals surface area contributed by atoms with Crippen LogP contribution in [0.1, 0.15) is 31.0 Å². The molecule has 21 heavy (non-hydrogen) atoms. The maximum atomic E-state index is 11.7. The van der Waals surface area contributed by atoms with Crippen LogP contribution >= 0.6 is 0 Å². The molecule has 1 aromatic carbocycles. The van der Waals surface area contributed by atoms with E-state index < -0.39 is 9.84 Å². The Hall–Kier alpha value is -1.40. The predicted octanol–water partition coefficient (Wildman–Crippen LogP) is 1.58. The molecule has 2 aliphatic rings. The normalized spacial score (nSPS) is 28.6. The van der Waals surface area contributed by atoms with Gasteiger partial charge in [-0.15, -0.1) is 0 Å². The molecule has 6 heteroatoms. The Balaban J connectivity index is 1.82. The number of nitrogens with zero attached hydrogens (tertiary/aromatic N) is 2. The third-order valence-electron chi connectivity index (χ3n) is 4.95. The van der Waals surface area contributed by atoms with Crippen LogP contribution in [0.4, 0.5) is 0 Å². The Morgan fingerprint density at radius 3 is 2.76 bits per heavy atom. The highest BCUT2D eigenvalue weighted by molar-refractivity contribution is 7.90. The van der Waals surface area contributed by atoms with Gasteiger partial charge >= 0.3 is 0 Å². The van der Waals surface area contributed by atoms with Crippen molar-refractivity contribution in [3.63, 3.8) is 0 Å². The van der Waals surface area contributed by atoms with Crippen molar-refractivity contribution in [2.75, 3.05) is 6.26 Å². The minimum atomic E-state index is -3.19. The second kappa shape index (κ2) is 4.30. The quantitative estimate of drug-likeness (QED) is 0.915. The molecule has 3 unspecified atom stereocenters. The molecule has 2 bridgehead atoms. The van der Waals surface area contributed by atoms with Gasteiger partial charge in [-0.05, 0) is 37.5 Å². The molecule has 0 radical (unpaired) electrons. The zero-order valence-corrected chi connectivity index (χ0v) is 13.0. The van der Waals surface area contributed by atoms with Crippen LogP contribution in [0.25, 0.3) is 11.0 Å². The fourth-order valence-corrected chi connectivity index (χ4v) is 4.51. The second-order valence-electron chi connectivity index (χ2n) is 6.34. The number of rotatable bonds is 2. The summed E-state index contributed by atoms with van der Waals surface area (Å²) < 4.78 is 25.5. The van der Waals surface area contributed by atoms with E-state index in [0.29, 0.717) is 22.9 Å². The highest BCUT2D eigenvalue weighted by Crippen LogP contribution is 2.40. The van der Waals surface area contributed by atoms with Gasteiger partial charge in [0.1, 0.15) is 5.82 Å². The standard InChI is InChI=1S/C15H19N3O2S/c1-18-14-6-4-10(21(2,19)20)8-13(14)17-15(18)11-7-9-3-5-12(11)16-9/h4,6,8-9,11-12,16H,3,5,7H2,1-2H3. The third kappa shape index (κ3) is 2.00. The van der Waals surface area contributed by atoms with Crippen molar-refractivity contribution in [1.29, 1.82) is 0 Å². The summed E-state index contributed by atoms with van der Waals surface area (Å²) in [4.78, 5) is 5.08. The summed E-state index contributed by atoms with van der Waals surface area (Å²) in [6.07, 6.45) is 4.86. The van der Waals surface area contributed by atoms with Gasteiger partial charge in [0, 0.05) is 31.3 Å². The van der Waals surface area contributed by atoms with E-state index in [0.717, 1.165) is 23.3 Å². The van der Waals surface area contributed by atoms with Crippen molar-refractivity contribution in [3.05, 3.63) is 24.0 Å². The molecule has 1 N–H and O–H groups in total. The summed E-state index contributed by atoms with van der Waals surface area (Å²) in [6, 6.07) is 6.38. The molecule has 0 aliphatic carbocycles. The Kier molecular flexibility index (Phi) is 2.72. The van der Waals surface area contributed by atoms with E-state index in [-0.39, 0.29) is 0 Å². The first-order valence-electron chi connectivity index (χ1n) is 7.36. The van der Waals surface area contributed by atoms with E-state index in [9.17, 15) is 8.42 Å². The first kappa shape index (κ1) is 13.3. The smallest absolute Gasteiger partial charge is 0.175 e. The van der Waals surface area contributed by atoms with E-state index in [1.54, 1.807) is 12.1 Å². The van der Waals surface area contributed by atoms with E-state index in [2.05, 4.69) is 9.88 Å². The predicted molar refractivity (Wildman–Crippen MR) is 81.1 cm³/mol. The average Bonchev–Trinajstić information content (AvgIpc) is 3.11. The molecule has 2 aliphatic heterocycles. The summed E-state index contributed by atoms with van der Waals surface area (Å²) in [6.45, 7) is 0. The first-order valence-corrected chi connectivity index (χ1v) is 9.25. The van der Waals surface area contributed by atoms with Gasteiger partial charge in [0.05, 0.1) is 15.9 Å². The number of imidazole rings is 1. The largest absolute Gasteiger partial charge is 0.331 e. The highest BCUT2D eigenvalue weighted by Gasteiger charge is 2.41. The topological polar surface area (TPSA) is 64.0 Å². The fourth-order valence-electron chi connectivity index (χ4n) is 3.87. The van der Waals surface area contributed by atoms with Crippen molar-refractivity contribution >= 4 is 20.9 Å². The molecular formula is C15H19N3O2S. The SMILES string of the molecule is Cn1c(C2CC3CCC2N3)nc2cc(S(C)(=O)=O)ccc21. The van der Waals surface area contributed by atoms with Crippen LogP contribution in [0.2, 0.25) is 0 Å². The number of sulfone groups is 1. The van der Waals surface area contributed by atoms with Crippen LogP contribution in [0.5, 0.6) is 0 Å². The van der Waals surface area contributed by atoms with Crippen LogP contribution < -0.4 is 5.32 Å². The minimum absolute atomic E-state index is 0.339. The molecule has 0 saturated carbocycles. The van der Waals surface area contributed by atoms with Crippen LogP contribution in [0.3, 0.4) is 0 Å². The number of fused-ring (bicyclic) bond motifs is 3. The molecule has 2 aromatic rings. The first-order chi connectivity index (χ1) is 9.93. The molecule has 0 spiro atoms. The van der Waals surface area contributed by atoms with Crippen molar-refractivity contribution in [3.8, 4) is 0 Å². The lowest BCUT2D eigenvalue weighted by Crippen LogP contribution is -2.23. The van der Waals surface area contributed by atoms with E-state index >= 15 is 0 Å². The summed E-state index contributed by atoms with van der Waals surface area (Å²) in [7, 11) is -1.16. The molecule has 112 valence electrons. The molecule has 0 amide bonds. The lowest BCUT2D eigenvalue weighted by molar-refractivity contribution is 0.478. The Bertz CT molecular complexity index is 825. The summed E-state index contributed by atoms with van der Waals surface area (Å²) in [5, 5.41) is 3.63. The van der Waals surface area contributed by atoms with Crippen molar-refractivity contribution < 1.29 is 8.42 Å². The number of hydrogen-bond donors (Lipinski definition) is 1. The fraction of sp³-hybridized carbons (Fsp3) is 0.533. The summed E-state index contributed by atoms with van der Waals surface area (Å²) in [5.41, 5.74) is 1.78. The molecule has 2 fully saturated rings. The average molecular weight is 305 g/mol. The van der Waals surface area contributed by atoms with Gasteiger partial charge in [-0.1, -0.05) is 0 Å². The van der Waals surface area contributed by atoms with Crippen molar-refractivity contribution in [2.45, 2.75) is 42.2 Å². The van der Waals surface area contributed by atoms with Gasteiger partial charge in [0.15, 0.2) is 9.84 Å². The van der Waals surface area contributed by atoms with Gasteiger partial charge in [0.25, 0.3) is 0 Å². The van der Waals surface area contributed by atoms with Crippen molar-refractivity contribution in [2.24, 2.45) is 7.05 Å². The van der Waals surface area contributed by atoms with Gasteiger partial charge in [0.2, 0.25) is 0 Å². The number of aryl methyl sites for hydroxylation is 1. The van der Waals surface area contributed by atoms with E-state index in [4.69, 9.17) is 4.98 Å². The maximum absolute atomic E-state index is 11.7. The summed E-state index contributed by atoms with van der Waals surface area (Å²) in [5.74, 6) is 1.53. The van der Waals surface area contributed by atoms with Gasteiger partial charge in [-0.25, -0.2) is 13.4 Å². The maximum Gasteiger partial charge on any atom is 0.175 e. The van der Waals surface area contributed by atoms with Crippen LogP contribution in [0.15, 0.2) is 23.1 Å². The second-order valence-corrected chi connectivity index (χ2v) is 8.36. The monoisotopic (exact) mass is 305 g/mol. The Morgan fingerprint density at radius 2 is 2.14 bits per heavy atom. The molecular weight excluding hydrogens is 286 g/mol. The van der Waals surface area contributed by atoms with Crippen LogP contribution in [-0.2, 0) is 16.9 Å². The Morgan fingerprint density at radius 1 is 1.33 bits per heavy atom.